The summed E-state index contributed by atoms with van der Waals surface area (Å²) < 4.78 is 53.2. The second-order valence-corrected chi connectivity index (χ2v) is 6.98. The number of alkyl halides is 2. The summed E-state index contributed by atoms with van der Waals surface area (Å²) in [5.41, 5.74) is -0.328. The van der Waals surface area contributed by atoms with Crippen molar-refractivity contribution in [3.05, 3.63) is 47.2 Å². The van der Waals surface area contributed by atoms with Gasteiger partial charge in [-0.1, -0.05) is 23.7 Å². The van der Waals surface area contributed by atoms with E-state index >= 15 is 0 Å². The number of anilines is 1. The highest BCUT2D eigenvalue weighted by atomic mass is 35.5. The first-order valence-corrected chi connectivity index (χ1v) is 8.56. The van der Waals surface area contributed by atoms with Crippen LogP contribution < -0.4 is 5.32 Å². The largest absolute Gasteiger partial charge is 0.451 e. The van der Waals surface area contributed by atoms with Gasteiger partial charge >= 0.3 is 11.7 Å². The molecule has 0 atom stereocenters. The Hall–Kier alpha value is -2.46. The molecule has 2 aromatic rings. The van der Waals surface area contributed by atoms with Crippen LogP contribution in [0.1, 0.15) is 10.5 Å². The normalized spacial score (nSPS) is 11.4. The van der Waals surface area contributed by atoms with E-state index < -0.39 is 39.0 Å². The molecule has 25 heavy (non-hydrogen) atoms. The monoisotopic (exact) mass is 392 g/mol. The number of halogens is 3. The summed E-state index contributed by atoms with van der Waals surface area (Å²) in [4.78, 5) is 25.2. The molecule has 0 aliphatic carbocycles. The van der Waals surface area contributed by atoms with Crippen molar-refractivity contribution in [1.82, 2.24) is 4.98 Å². The summed E-state index contributed by atoms with van der Waals surface area (Å²) in [6.07, 6.45) is 1.34. The van der Waals surface area contributed by atoms with Crippen LogP contribution in [0.4, 0.5) is 14.5 Å². The topological polar surface area (TPSA) is 105 Å². The number of amides is 1. The third-order valence-corrected chi connectivity index (χ3v) is 4.56. The summed E-state index contributed by atoms with van der Waals surface area (Å²) in [5, 5.41) is 2.38. The number of ether oxygens (including phenoxy) is 1. The molecule has 1 amide bonds. The van der Waals surface area contributed by atoms with Crippen molar-refractivity contribution in [2.24, 2.45) is 0 Å². The molecule has 1 aromatic carbocycles. The summed E-state index contributed by atoms with van der Waals surface area (Å²) >= 11 is 5.62. The van der Waals surface area contributed by atoms with Gasteiger partial charge < -0.3 is 15.0 Å². The number of aromatic nitrogens is 1. The molecule has 2 rings (SSSR count). The zero-order valence-corrected chi connectivity index (χ0v) is 13.9. The Morgan fingerprint density at radius 1 is 1.28 bits per heavy atom. The number of hydrogen-bond donors (Lipinski definition) is 2. The number of hydrogen-bond acceptors (Lipinski definition) is 5. The Labute approximate surface area is 145 Å². The highest BCUT2D eigenvalue weighted by molar-refractivity contribution is 7.91. The van der Waals surface area contributed by atoms with E-state index in [4.69, 9.17) is 16.3 Å². The Bertz CT molecular complexity index is 898. The minimum Gasteiger partial charge on any atom is -0.451 e. The summed E-state index contributed by atoms with van der Waals surface area (Å²) in [7, 11) is -4.90. The van der Waals surface area contributed by atoms with Crippen LogP contribution in [0.25, 0.3) is 0 Å². The number of aromatic amines is 1. The molecule has 0 bridgehead atoms. The fraction of sp³-hybridized carbons (Fsp3) is 0.143. The second kappa shape index (κ2) is 7.62. The van der Waals surface area contributed by atoms with Crippen LogP contribution in [-0.2, 0) is 19.4 Å². The minimum atomic E-state index is -4.90. The number of H-pyrrole nitrogens is 1. The Balaban J connectivity index is 2.05. The Morgan fingerprint density at radius 2 is 1.96 bits per heavy atom. The molecule has 134 valence electrons. The van der Waals surface area contributed by atoms with E-state index in [0.717, 1.165) is 12.1 Å². The molecule has 2 N–H and O–H groups in total. The molecule has 0 saturated carbocycles. The van der Waals surface area contributed by atoms with E-state index in [1.165, 1.54) is 24.4 Å². The SMILES string of the molecule is O=C(COC(=O)c1cc(Cl)c[nH]1)Nc1ccccc1S(=O)(=O)C(F)F. The lowest BCUT2D eigenvalue weighted by molar-refractivity contribution is -0.119. The van der Waals surface area contributed by atoms with Crippen LogP contribution in [0.5, 0.6) is 0 Å². The third-order valence-electron chi connectivity index (χ3n) is 2.90. The molecule has 0 aliphatic rings. The van der Waals surface area contributed by atoms with E-state index in [1.807, 2.05) is 0 Å². The van der Waals surface area contributed by atoms with Crippen molar-refractivity contribution in [3.63, 3.8) is 0 Å². The molecular weight excluding hydrogens is 382 g/mol. The maximum absolute atomic E-state index is 12.7. The molecule has 11 heteroatoms. The number of esters is 1. The van der Waals surface area contributed by atoms with Crippen LogP contribution in [0.3, 0.4) is 0 Å². The van der Waals surface area contributed by atoms with Gasteiger partial charge in [0, 0.05) is 6.20 Å². The average molecular weight is 393 g/mol. The molecule has 0 unspecified atom stereocenters. The number of sulfone groups is 1. The van der Waals surface area contributed by atoms with Crippen molar-refractivity contribution in [1.29, 1.82) is 0 Å². The first kappa shape index (κ1) is 18.9. The molecule has 1 aromatic heterocycles. The van der Waals surface area contributed by atoms with Gasteiger partial charge in [-0.3, -0.25) is 4.79 Å². The Kier molecular flexibility index (Phi) is 5.75. The number of carbonyl (C=O) groups is 2. The summed E-state index contributed by atoms with van der Waals surface area (Å²) in [6, 6.07) is 5.95. The van der Waals surface area contributed by atoms with Crippen LogP contribution in [-0.4, -0.2) is 37.6 Å². The van der Waals surface area contributed by atoms with Crippen LogP contribution in [0.2, 0.25) is 5.02 Å². The molecule has 0 spiro atoms. The van der Waals surface area contributed by atoms with Gasteiger partial charge in [-0.15, -0.1) is 0 Å². The van der Waals surface area contributed by atoms with Crippen LogP contribution >= 0.6 is 11.6 Å². The lowest BCUT2D eigenvalue weighted by Gasteiger charge is -2.11. The molecule has 0 fully saturated rings. The number of para-hydroxylation sites is 1. The van der Waals surface area contributed by atoms with Crippen molar-refractivity contribution in [3.8, 4) is 0 Å². The number of rotatable bonds is 6. The van der Waals surface area contributed by atoms with E-state index in [1.54, 1.807) is 0 Å². The van der Waals surface area contributed by atoms with Gasteiger partial charge in [-0.25, -0.2) is 13.2 Å². The maximum Gasteiger partial charge on any atom is 0.355 e. The Morgan fingerprint density at radius 3 is 2.56 bits per heavy atom. The van der Waals surface area contributed by atoms with Crippen LogP contribution in [0.15, 0.2) is 41.4 Å². The molecular formula is C14H11ClF2N2O5S. The van der Waals surface area contributed by atoms with Crippen molar-refractivity contribution < 1.29 is 31.5 Å². The van der Waals surface area contributed by atoms with Gasteiger partial charge in [0.2, 0.25) is 9.84 Å². The molecule has 0 aliphatic heterocycles. The van der Waals surface area contributed by atoms with Gasteiger partial charge in [-0.2, -0.15) is 8.78 Å². The molecule has 7 nitrogen and oxygen atoms in total. The number of carbonyl (C=O) groups excluding carboxylic acids is 2. The quantitative estimate of drug-likeness (QED) is 0.735. The van der Waals surface area contributed by atoms with Gasteiger partial charge in [0.15, 0.2) is 6.61 Å². The predicted molar refractivity (Wildman–Crippen MR) is 84.3 cm³/mol. The van der Waals surface area contributed by atoms with Crippen molar-refractivity contribution in [2.45, 2.75) is 10.7 Å². The van der Waals surface area contributed by atoms with Gasteiger partial charge in [0.05, 0.1) is 15.6 Å². The van der Waals surface area contributed by atoms with E-state index in [-0.39, 0.29) is 16.4 Å². The standard InChI is InChI=1S/C14H11ClF2N2O5S/c15-8-5-10(18-6-8)13(21)24-7-12(20)19-9-3-1-2-4-11(9)25(22,23)14(16)17/h1-6,14,18H,7H2,(H,19,20). The van der Waals surface area contributed by atoms with E-state index in [0.29, 0.717) is 0 Å². The smallest absolute Gasteiger partial charge is 0.355 e. The van der Waals surface area contributed by atoms with Crippen LogP contribution in [0, 0.1) is 0 Å². The van der Waals surface area contributed by atoms with E-state index in [9.17, 15) is 26.8 Å². The van der Waals surface area contributed by atoms with E-state index in [2.05, 4.69) is 10.3 Å². The minimum absolute atomic E-state index is 0.0125. The van der Waals surface area contributed by atoms with Gasteiger partial charge in [0.1, 0.15) is 5.69 Å². The first-order valence-electron chi connectivity index (χ1n) is 6.64. The molecule has 1 heterocycles. The zero-order valence-electron chi connectivity index (χ0n) is 12.3. The lowest BCUT2D eigenvalue weighted by Crippen LogP contribution is -2.23. The fourth-order valence-corrected chi connectivity index (χ4v) is 2.84. The first-order chi connectivity index (χ1) is 11.7. The van der Waals surface area contributed by atoms with Crippen molar-refractivity contribution >= 4 is 39.0 Å². The highest BCUT2D eigenvalue weighted by Crippen LogP contribution is 2.26. The lowest BCUT2D eigenvalue weighted by atomic mass is 10.3. The third kappa shape index (κ3) is 4.54. The number of nitrogens with one attached hydrogen (secondary N) is 2. The van der Waals surface area contributed by atoms with Gasteiger partial charge in [0.25, 0.3) is 5.91 Å². The highest BCUT2D eigenvalue weighted by Gasteiger charge is 2.29. The molecule has 0 radical (unpaired) electrons. The zero-order chi connectivity index (χ0) is 18.6. The van der Waals surface area contributed by atoms with Crippen molar-refractivity contribution in [2.75, 3.05) is 11.9 Å². The van der Waals surface area contributed by atoms with Gasteiger partial charge in [-0.05, 0) is 18.2 Å². The summed E-state index contributed by atoms with van der Waals surface area (Å²) in [6.45, 7) is -0.751. The molecule has 0 saturated heterocycles. The second-order valence-electron chi connectivity index (χ2n) is 4.66. The fourth-order valence-electron chi connectivity index (χ4n) is 1.79. The summed E-state index contributed by atoms with van der Waals surface area (Å²) in [5.74, 6) is -5.40. The average Bonchev–Trinajstić information content (AvgIpc) is 2.99. The maximum atomic E-state index is 12.7. The predicted octanol–water partition coefficient (Wildman–Crippen LogP) is 2.46. The number of benzene rings is 1.